The van der Waals surface area contributed by atoms with E-state index < -0.39 is 0 Å². The van der Waals surface area contributed by atoms with E-state index >= 15 is 0 Å². The lowest BCUT2D eigenvalue weighted by molar-refractivity contribution is -0.0288. The Morgan fingerprint density at radius 2 is 2.27 bits per heavy atom. The van der Waals surface area contributed by atoms with Gasteiger partial charge in [-0.1, -0.05) is 13.0 Å². The van der Waals surface area contributed by atoms with Gasteiger partial charge in [0.25, 0.3) is 0 Å². The lowest BCUT2D eigenvalue weighted by Crippen LogP contribution is -2.32. The topological polar surface area (TPSA) is 21.3 Å². The zero-order valence-corrected chi connectivity index (χ0v) is 10.6. The minimum Gasteiger partial charge on any atom is -0.372 e. The Hall–Kier alpha value is -0.340. The Kier molecular flexibility index (Phi) is 3.96. The smallest absolute Gasteiger partial charge is 0.0631 e. The van der Waals surface area contributed by atoms with E-state index in [-0.39, 0.29) is 11.0 Å². The van der Waals surface area contributed by atoms with Crippen LogP contribution in [0.2, 0.25) is 0 Å². The first-order chi connectivity index (χ1) is 6.91. The second kappa shape index (κ2) is 4.67. The molecule has 0 saturated carbocycles. The minimum absolute atomic E-state index is 0.0758. The molecule has 0 aromatic rings. The van der Waals surface area contributed by atoms with Gasteiger partial charge in [-0.05, 0) is 40.2 Å². The van der Waals surface area contributed by atoms with E-state index in [0.29, 0.717) is 6.10 Å². The van der Waals surface area contributed by atoms with E-state index in [9.17, 15) is 0 Å². The van der Waals surface area contributed by atoms with Gasteiger partial charge >= 0.3 is 0 Å². The van der Waals surface area contributed by atoms with Crippen LogP contribution in [-0.4, -0.2) is 25.3 Å². The van der Waals surface area contributed by atoms with Crippen LogP contribution in [0.3, 0.4) is 0 Å². The van der Waals surface area contributed by atoms with Gasteiger partial charge in [0.2, 0.25) is 0 Å². The van der Waals surface area contributed by atoms with Crippen molar-refractivity contribution in [1.82, 2.24) is 5.32 Å². The Morgan fingerprint density at radius 1 is 1.60 bits per heavy atom. The molecule has 0 bridgehead atoms. The van der Waals surface area contributed by atoms with Crippen LogP contribution < -0.4 is 5.32 Å². The summed E-state index contributed by atoms with van der Waals surface area (Å²) in [5.41, 5.74) is 0.228. The van der Waals surface area contributed by atoms with E-state index in [4.69, 9.17) is 4.74 Å². The van der Waals surface area contributed by atoms with Crippen molar-refractivity contribution in [2.75, 3.05) is 13.6 Å². The Labute approximate surface area is 94.1 Å². The van der Waals surface area contributed by atoms with Crippen LogP contribution in [0.25, 0.3) is 0 Å². The number of nitrogens with one attached hydrogen (secondary N) is 1. The molecule has 15 heavy (non-hydrogen) atoms. The average Bonchev–Trinajstić information content (AvgIpc) is 2.46. The van der Waals surface area contributed by atoms with Crippen molar-refractivity contribution >= 4 is 0 Å². The monoisotopic (exact) mass is 211 g/mol. The highest BCUT2D eigenvalue weighted by Gasteiger charge is 2.35. The van der Waals surface area contributed by atoms with Gasteiger partial charge in [-0.2, -0.15) is 0 Å². The van der Waals surface area contributed by atoms with E-state index in [1.165, 1.54) is 12.8 Å². The normalized spacial score (nSPS) is 28.7. The van der Waals surface area contributed by atoms with Crippen LogP contribution in [0.15, 0.2) is 12.7 Å². The number of hydrogen-bond acceptors (Lipinski definition) is 2. The molecule has 0 spiro atoms. The van der Waals surface area contributed by atoms with Gasteiger partial charge in [-0.25, -0.2) is 0 Å². The molecule has 1 rings (SSSR count). The molecule has 0 aromatic carbocycles. The number of ether oxygens (including phenoxy) is 1. The maximum atomic E-state index is 6.02. The molecule has 2 unspecified atom stereocenters. The summed E-state index contributed by atoms with van der Waals surface area (Å²) in [5.74, 6) is 0. The molecule has 0 amide bonds. The first kappa shape index (κ1) is 12.7. The van der Waals surface area contributed by atoms with Crippen LogP contribution in [0.5, 0.6) is 0 Å². The third kappa shape index (κ3) is 3.62. The van der Waals surface area contributed by atoms with Crippen molar-refractivity contribution in [2.24, 2.45) is 5.41 Å². The second-order valence-corrected chi connectivity index (χ2v) is 5.63. The minimum atomic E-state index is 0.0758. The lowest BCUT2D eigenvalue weighted by atomic mass is 9.83. The molecule has 88 valence electrons. The van der Waals surface area contributed by atoms with E-state index in [1.54, 1.807) is 0 Å². The van der Waals surface area contributed by atoms with Gasteiger partial charge in [-0.3, -0.25) is 0 Å². The largest absolute Gasteiger partial charge is 0.372 e. The molecule has 0 aliphatic carbocycles. The van der Waals surface area contributed by atoms with Gasteiger partial charge in [0, 0.05) is 12.0 Å². The molecule has 2 atom stereocenters. The first-order valence-corrected chi connectivity index (χ1v) is 5.87. The summed E-state index contributed by atoms with van der Waals surface area (Å²) < 4.78 is 6.02. The zero-order chi connectivity index (χ0) is 11.5. The highest BCUT2D eigenvalue weighted by atomic mass is 16.5. The summed E-state index contributed by atoms with van der Waals surface area (Å²) in [7, 11) is 1.99. The molecule has 1 N–H and O–H groups in total. The average molecular weight is 211 g/mol. The SMILES string of the molecule is C=CC(C)(CNC)CC1CCC(C)(C)O1. The first-order valence-electron chi connectivity index (χ1n) is 5.87. The maximum absolute atomic E-state index is 6.02. The van der Waals surface area contributed by atoms with Crippen molar-refractivity contribution < 1.29 is 4.74 Å². The molecule has 1 saturated heterocycles. The van der Waals surface area contributed by atoms with Crippen molar-refractivity contribution in [1.29, 1.82) is 0 Å². The molecule has 2 heteroatoms. The van der Waals surface area contributed by atoms with Gasteiger partial charge in [0.1, 0.15) is 0 Å². The molecule has 0 radical (unpaired) electrons. The Balaban J connectivity index is 2.50. The maximum Gasteiger partial charge on any atom is 0.0631 e. The fraction of sp³-hybridized carbons (Fsp3) is 0.846. The van der Waals surface area contributed by atoms with Crippen molar-refractivity contribution in [2.45, 2.75) is 51.7 Å². The standard InChI is InChI=1S/C13H25NO/c1-6-13(4,10-14-5)9-11-7-8-12(2,3)15-11/h6,11,14H,1,7-10H2,2-5H3. The Morgan fingerprint density at radius 3 is 2.67 bits per heavy atom. The summed E-state index contributed by atoms with van der Waals surface area (Å²) >= 11 is 0. The van der Waals surface area contributed by atoms with Crippen LogP contribution in [0, 0.1) is 5.41 Å². The quantitative estimate of drug-likeness (QED) is 0.706. The number of hydrogen-bond donors (Lipinski definition) is 1. The predicted octanol–water partition coefficient (Wildman–Crippen LogP) is 2.75. The van der Waals surface area contributed by atoms with E-state index in [1.807, 2.05) is 7.05 Å². The summed E-state index contributed by atoms with van der Waals surface area (Å²) in [6.07, 6.45) is 5.88. The van der Waals surface area contributed by atoms with Gasteiger partial charge in [0.15, 0.2) is 0 Å². The van der Waals surface area contributed by atoms with Gasteiger partial charge < -0.3 is 10.1 Å². The predicted molar refractivity (Wildman–Crippen MR) is 65.0 cm³/mol. The van der Waals surface area contributed by atoms with Crippen molar-refractivity contribution in [3.63, 3.8) is 0 Å². The molecule has 1 aliphatic heterocycles. The molecule has 2 nitrogen and oxygen atoms in total. The van der Waals surface area contributed by atoms with Crippen LogP contribution in [0.1, 0.15) is 40.0 Å². The molecule has 1 heterocycles. The Bertz CT molecular complexity index is 225. The lowest BCUT2D eigenvalue weighted by Gasteiger charge is -2.29. The van der Waals surface area contributed by atoms with Crippen molar-refractivity contribution in [3.05, 3.63) is 12.7 Å². The van der Waals surface area contributed by atoms with Gasteiger partial charge in [0.05, 0.1) is 11.7 Å². The summed E-state index contributed by atoms with van der Waals surface area (Å²) in [5, 5.41) is 3.23. The second-order valence-electron chi connectivity index (χ2n) is 5.63. The fourth-order valence-electron chi connectivity index (χ4n) is 2.37. The highest BCUT2D eigenvalue weighted by Crippen LogP contribution is 2.36. The zero-order valence-electron chi connectivity index (χ0n) is 10.6. The summed E-state index contributed by atoms with van der Waals surface area (Å²) in [6.45, 7) is 11.5. The summed E-state index contributed by atoms with van der Waals surface area (Å²) in [6, 6.07) is 0. The van der Waals surface area contributed by atoms with Crippen LogP contribution in [-0.2, 0) is 4.74 Å². The molecule has 1 aliphatic rings. The summed E-state index contributed by atoms with van der Waals surface area (Å²) in [4.78, 5) is 0. The third-order valence-electron chi connectivity index (χ3n) is 3.32. The number of rotatable bonds is 5. The van der Waals surface area contributed by atoms with Crippen LogP contribution in [0.4, 0.5) is 0 Å². The van der Waals surface area contributed by atoms with E-state index in [0.717, 1.165) is 13.0 Å². The van der Waals surface area contributed by atoms with Gasteiger partial charge in [-0.15, -0.1) is 6.58 Å². The van der Waals surface area contributed by atoms with Crippen molar-refractivity contribution in [3.8, 4) is 0 Å². The molecular formula is C13H25NO. The third-order valence-corrected chi connectivity index (χ3v) is 3.32. The highest BCUT2D eigenvalue weighted by molar-refractivity contribution is 4.96. The molecular weight excluding hydrogens is 186 g/mol. The molecule has 1 fully saturated rings. The van der Waals surface area contributed by atoms with Crippen LogP contribution >= 0.6 is 0 Å². The molecule has 0 aromatic heterocycles. The fourth-order valence-corrected chi connectivity index (χ4v) is 2.37. The van der Waals surface area contributed by atoms with E-state index in [2.05, 4.69) is 38.7 Å².